The lowest BCUT2D eigenvalue weighted by molar-refractivity contribution is 0.470. The van der Waals surface area contributed by atoms with Crippen LogP contribution in [0.15, 0.2) is 20.0 Å². The van der Waals surface area contributed by atoms with Gasteiger partial charge in [0.05, 0.1) is 6.54 Å². The van der Waals surface area contributed by atoms with Gasteiger partial charge in [0, 0.05) is 12.6 Å². The Morgan fingerprint density at radius 2 is 2.12 bits per heavy atom. The summed E-state index contributed by atoms with van der Waals surface area (Å²) >= 11 is 3.12. The van der Waals surface area contributed by atoms with Crippen LogP contribution in [0.2, 0.25) is 0 Å². The summed E-state index contributed by atoms with van der Waals surface area (Å²) in [5.41, 5.74) is 0. The van der Waals surface area contributed by atoms with Crippen molar-refractivity contribution in [2.75, 3.05) is 13.6 Å². The van der Waals surface area contributed by atoms with Gasteiger partial charge < -0.3 is 9.73 Å². The fourth-order valence-corrected chi connectivity index (χ4v) is 3.41. The van der Waals surface area contributed by atoms with Crippen molar-refractivity contribution in [3.05, 3.63) is 16.5 Å². The molecule has 1 aromatic rings. The Bertz CT molecular complexity index is 468. The smallest absolute Gasteiger partial charge is 0.244 e. The predicted octanol–water partition coefficient (Wildman–Crippen LogP) is 1.70. The van der Waals surface area contributed by atoms with Gasteiger partial charge in [-0.2, -0.15) is 0 Å². The summed E-state index contributed by atoms with van der Waals surface area (Å²) < 4.78 is 32.0. The van der Waals surface area contributed by atoms with Crippen LogP contribution in [0.25, 0.3) is 0 Å². The third-order valence-electron chi connectivity index (χ3n) is 2.03. The average Bonchev–Trinajstić information content (AvgIpc) is 2.58. The van der Waals surface area contributed by atoms with Crippen LogP contribution in [-0.4, -0.2) is 22.0 Å². The number of rotatable bonds is 6. The molecule has 0 spiro atoms. The molecule has 17 heavy (non-hydrogen) atoms. The Balaban J connectivity index is 2.90. The van der Waals surface area contributed by atoms with E-state index in [1.165, 1.54) is 6.07 Å². The number of hydrogen-bond donors (Lipinski definition) is 2. The number of sulfonamides is 1. The van der Waals surface area contributed by atoms with Crippen LogP contribution in [0.5, 0.6) is 0 Å². The Kier molecular flexibility index (Phi) is 5.18. The molecular formula is C10H17BrN2O3S. The summed E-state index contributed by atoms with van der Waals surface area (Å²) in [7, 11) is -1.74. The molecule has 0 bridgehead atoms. The molecule has 0 aliphatic carbocycles. The molecule has 0 aliphatic heterocycles. The fraction of sp³-hybridized carbons (Fsp3) is 0.600. The van der Waals surface area contributed by atoms with Crippen LogP contribution >= 0.6 is 15.9 Å². The molecule has 0 aliphatic rings. The van der Waals surface area contributed by atoms with Gasteiger partial charge in [0.1, 0.15) is 10.7 Å². The van der Waals surface area contributed by atoms with E-state index in [1.807, 2.05) is 13.8 Å². The predicted molar refractivity (Wildman–Crippen MR) is 69.2 cm³/mol. The molecule has 0 unspecified atom stereocenters. The van der Waals surface area contributed by atoms with Crippen molar-refractivity contribution in [1.82, 2.24) is 10.0 Å². The fourth-order valence-electron chi connectivity index (χ4n) is 1.20. The molecule has 0 fully saturated rings. The first-order valence-corrected chi connectivity index (χ1v) is 7.57. The van der Waals surface area contributed by atoms with Crippen LogP contribution in [0, 0.1) is 5.92 Å². The maximum atomic E-state index is 12.0. The van der Waals surface area contributed by atoms with Crippen molar-refractivity contribution >= 4 is 26.0 Å². The maximum Gasteiger partial charge on any atom is 0.244 e. The lowest BCUT2D eigenvalue weighted by Gasteiger charge is -2.06. The summed E-state index contributed by atoms with van der Waals surface area (Å²) in [6.45, 7) is 4.78. The average molecular weight is 325 g/mol. The van der Waals surface area contributed by atoms with E-state index < -0.39 is 10.0 Å². The van der Waals surface area contributed by atoms with Crippen molar-refractivity contribution in [2.45, 2.75) is 25.3 Å². The lowest BCUT2D eigenvalue weighted by Crippen LogP contribution is -2.27. The Hall–Kier alpha value is -0.370. The monoisotopic (exact) mass is 324 g/mol. The Morgan fingerprint density at radius 3 is 2.65 bits per heavy atom. The number of nitrogens with one attached hydrogen (secondary N) is 2. The van der Waals surface area contributed by atoms with E-state index >= 15 is 0 Å². The highest BCUT2D eigenvalue weighted by atomic mass is 79.9. The zero-order valence-corrected chi connectivity index (χ0v) is 12.5. The van der Waals surface area contributed by atoms with Gasteiger partial charge in [-0.15, -0.1) is 0 Å². The van der Waals surface area contributed by atoms with E-state index in [4.69, 9.17) is 4.42 Å². The second-order valence-corrected chi connectivity index (χ2v) is 6.58. The minimum Gasteiger partial charge on any atom is -0.452 e. The number of halogens is 1. The van der Waals surface area contributed by atoms with Gasteiger partial charge in [0.25, 0.3) is 0 Å². The second-order valence-electron chi connectivity index (χ2n) is 4.13. The number of furan rings is 1. The molecular weight excluding hydrogens is 308 g/mol. The molecule has 98 valence electrons. The van der Waals surface area contributed by atoms with Crippen molar-refractivity contribution in [2.24, 2.45) is 5.92 Å². The van der Waals surface area contributed by atoms with Gasteiger partial charge in [-0.05, 0) is 28.9 Å². The van der Waals surface area contributed by atoms with Crippen molar-refractivity contribution < 1.29 is 12.8 Å². The van der Waals surface area contributed by atoms with Crippen LogP contribution < -0.4 is 10.0 Å². The molecule has 5 nitrogen and oxygen atoms in total. The molecule has 0 atom stereocenters. The number of hydrogen-bond acceptors (Lipinski definition) is 4. The van der Waals surface area contributed by atoms with Gasteiger partial charge in [0.15, 0.2) is 4.67 Å². The van der Waals surface area contributed by atoms with Crippen LogP contribution in [0.4, 0.5) is 0 Å². The first-order chi connectivity index (χ1) is 7.86. The molecule has 1 rings (SSSR count). The minimum absolute atomic E-state index is 0.142. The molecule has 2 N–H and O–H groups in total. The topological polar surface area (TPSA) is 71.3 Å². The molecule has 0 saturated heterocycles. The molecule has 1 heterocycles. The van der Waals surface area contributed by atoms with Gasteiger partial charge in [-0.3, -0.25) is 0 Å². The zero-order valence-electron chi connectivity index (χ0n) is 10.1. The largest absolute Gasteiger partial charge is 0.452 e. The van der Waals surface area contributed by atoms with Gasteiger partial charge in [-0.1, -0.05) is 13.8 Å². The van der Waals surface area contributed by atoms with Gasteiger partial charge >= 0.3 is 0 Å². The minimum atomic E-state index is -3.50. The summed E-state index contributed by atoms with van der Waals surface area (Å²) in [5, 5.41) is 2.90. The van der Waals surface area contributed by atoms with Crippen LogP contribution in [0.1, 0.15) is 19.6 Å². The normalized spacial score (nSPS) is 12.3. The third-order valence-corrected chi connectivity index (χ3v) is 4.31. The van der Waals surface area contributed by atoms with Gasteiger partial charge in [0.2, 0.25) is 10.0 Å². The first kappa shape index (κ1) is 14.7. The lowest BCUT2D eigenvalue weighted by atomic mass is 10.2. The highest BCUT2D eigenvalue weighted by Gasteiger charge is 2.22. The SMILES string of the molecule is CNCc1cc(S(=O)(=O)NCC(C)C)c(Br)o1. The van der Waals surface area contributed by atoms with E-state index in [2.05, 4.69) is 26.0 Å². The second kappa shape index (κ2) is 5.99. The van der Waals surface area contributed by atoms with Crippen LogP contribution in [-0.2, 0) is 16.6 Å². The van der Waals surface area contributed by atoms with E-state index in [9.17, 15) is 8.42 Å². The van der Waals surface area contributed by atoms with E-state index in [1.54, 1.807) is 7.05 Å². The van der Waals surface area contributed by atoms with E-state index in [0.717, 1.165) is 0 Å². The van der Waals surface area contributed by atoms with Crippen molar-refractivity contribution in [3.63, 3.8) is 0 Å². The third kappa shape index (κ3) is 4.09. The summed E-state index contributed by atoms with van der Waals surface area (Å²) in [5.74, 6) is 0.830. The molecule has 0 saturated carbocycles. The van der Waals surface area contributed by atoms with Crippen molar-refractivity contribution in [3.8, 4) is 0 Å². The molecule has 7 heteroatoms. The molecule has 1 aromatic heterocycles. The Morgan fingerprint density at radius 1 is 1.47 bits per heavy atom. The molecule has 0 radical (unpaired) electrons. The van der Waals surface area contributed by atoms with E-state index in [0.29, 0.717) is 18.8 Å². The standard InChI is InChI=1S/C10H17BrN2O3S/c1-7(2)5-13-17(14,15)9-4-8(6-12-3)16-10(9)11/h4,7,12-13H,5-6H2,1-3H3. The summed E-state index contributed by atoms with van der Waals surface area (Å²) in [6.07, 6.45) is 0. The molecule has 0 amide bonds. The van der Waals surface area contributed by atoms with Gasteiger partial charge in [-0.25, -0.2) is 13.1 Å². The highest BCUT2D eigenvalue weighted by molar-refractivity contribution is 9.10. The van der Waals surface area contributed by atoms with Crippen LogP contribution in [0.3, 0.4) is 0 Å². The van der Waals surface area contributed by atoms with E-state index in [-0.39, 0.29) is 15.5 Å². The quantitative estimate of drug-likeness (QED) is 0.835. The summed E-state index contributed by atoms with van der Waals surface area (Å²) in [4.78, 5) is 0.142. The van der Waals surface area contributed by atoms with Crippen molar-refractivity contribution in [1.29, 1.82) is 0 Å². The Labute approximate surface area is 110 Å². The maximum absolute atomic E-state index is 12.0. The highest BCUT2D eigenvalue weighted by Crippen LogP contribution is 2.25. The summed E-state index contributed by atoms with van der Waals surface area (Å²) in [6, 6.07) is 1.52. The first-order valence-electron chi connectivity index (χ1n) is 5.29. The zero-order chi connectivity index (χ0) is 13.1. The molecule has 0 aromatic carbocycles.